The van der Waals surface area contributed by atoms with Gasteiger partial charge in [0.05, 0.1) is 10.9 Å². The maximum absolute atomic E-state index is 12.5. The summed E-state index contributed by atoms with van der Waals surface area (Å²) in [6.45, 7) is 7.84. The number of rotatable bonds is 8. The molecule has 0 aliphatic carbocycles. The van der Waals surface area contributed by atoms with Crippen LogP contribution in [-0.2, 0) is 14.8 Å². The van der Waals surface area contributed by atoms with Crippen molar-refractivity contribution in [2.45, 2.75) is 44.7 Å². The lowest BCUT2D eigenvalue weighted by Crippen LogP contribution is -2.47. The fourth-order valence-electron chi connectivity index (χ4n) is 2.42. The highest BCUT2D eigenvalue weighted by Gasteiger charge is 2.22. The van der Waals surface area contributed by atoms with E-state index in [1.165, 1.54) is 4.31 Å². The Morgan fingerprint density at radius 3 is 2.08 bits per heavy atom. The van der Waals surface area contributed by atoms with Gasteiger partial charge >= 0.3 is 6.03 Å². The molecule has 0 saturated heterocycles. The van der Waals surface area contributed by atoms with E-state index in [0.717, 1.165) is 5.56 Å². The van der Waals surface area contributed by atoms with Crippen LogP contribution in [0.4, 0.5) is 4.79 Å². The third-order valence-corrected chi connectivity index (χ3v) is 5.93. The summed E-state index contributed by atoms with van der Waals surface area (Å²) in [5, 5.41) is 5.03. The van der Waals surface area contributed by atoms with Gasteiger partial charge in [-0.1, -0.05) is 26.0 Å². The van der Waals surface area contributed by atoms with Crippen molar-refractivity contribution in [3.05, 3.63) is 29.8 Å². The molecule has 0 aliphatic heterocycles. The van der Waals surface area contributed by atoms with Gasteiger partial charge < -0.3 is 5.73 Å². The Morgan fingerprint density at radius 2 is 1.64 bits per heavy atom. The number of nitrogens with zero attached hydrogens (tertiary/aromatic N) is 1. The van der Waals surface area contributed by atoms with Crippen molar-refractivity contribution in [2.75, 3.05) is 13.1 Å². The van der Waals surface area contributed by atoms with Crippen molar-refractivity contribution < 1.29 is 18.0 Å². The standard InChI is InChI=1S/C16H26N4O4S/c1-5-20(6-2)25(23,24)14-9-7-13(8-10-14)11(3)18-12(4)15(21)19-16(17)22/h7-12,18H,5-6H2,1-4H3,(H3,17,19,21,22)/t11-,12-/m1/s1. The van der Waals surface area contributed by atoms with Crippen LogP contribution in [-0.4, -0.2) is 43.8 Å². The first-order chi connectivity index (χ1) is 11.6. The van der Waals surface area contributed by atoms with E-state index >= 15 is 0 Å². The molecule has 0 bridgehead atoms. The van der Waals surface area contributed by atoms with Gasteiger partial charge in [-0.15, -0.1) is 0 Å². The minimum atomic E-state index is -3.50. The van der Waals surface area contributed by atoms with E-state index in [4.69, 9.17) is 5.73 Å². The molecule has 0 unspecified atom stereocenters. The number of benzene rings is 1. The second kappa shape index (κ2) is 8.93. The molecule has 0 heterocycles. The van der Waals surface area contributed by atoms with Crippen molar-refractivity contribution in [1.82, 2.24) is 14.9 Å². The quantitative estimate of drug-likeness (QED) is 0.629. The average Bonchev–Trinajstić information content (AvgIpc) is 2.55. The number of amides is 3. The molecule has 1 aromatic rings. The number of imide groups is 1. The Balaban J connectivity index is 2.85. The SMILES string of the molecule is CCN(CC)S(=O)(=O)c1ccc([C@@H](C)N[C@H](C)C(=O)NC(N)=O)cc1. The molecule has 9 heteroatoms. The molecule has 8 nitrogen and oxygen atoms in total. The summed E-state index contributed by atoms with van der Waals surface area (Å²) in [5.41, 5.74) is 5.74. The van der Waals surface area contributed by atoms with Crippen LogP contribution >= 0.6 is 0 Å². The van der Waals surface area contributed by atoms with Gasteiger partial charge in [-0.2, -0.15) is 4.31 Å². The Morgan fingerprint density at radius 1 is 1.12 bits per heavy atom. The normalized spacial score (nSPS) is 14.1. The van der Waals surface area contributed by atoms with E-state index in [-0.39, 0.29) is 10.9 Å². The van der Waals surface area contributed by atoms with Gasteiger partial charge in [0.25, 0.3) is 0 Å². The van der Waals surface area contributed by atoms with Crippen molar-refractivity contribution in [3.8, 4) is 0 Å². The van der Waals surface area contributed by atoms with Crippen molar-refractivity contribution in [3.63, 3.8) is 0 Å². The van der Waals surface area contributed by atoms with Crippen LogP contribution in [0.15, 0.2) is 29.2 Å². The van der Waals surface area contributed by atoms with Gasteiger partial charge in [-0.25, -0.2) is 13.2 Å². The van der Waals surface area contributed by atoms with Crippen LogP contribution in [0.1, 0.15) is 39.3 Å². The molecule has 25 heavy (non-hydrogen) atoms. The summed E-state index contributed by atoms with van der Waals surface area (Å²) in [7, 11) is -3.50. The molecule has 3 amide bonds. The molecule has 1 aromatic carbocycles. The maximum atomic E-state index is 12.5. The van der Waals surface area contributed by atoms with Gasteiger partial charge in [0.1, 0.15) is 0 Å². The molecule has 0 saturated carbocycles. The molecular formula is C16H26N4O4S. The molecule has 0 aromatic heterocycles. The van der Waals surface area contributed by atoms with Gasteiger partial charge in [0.2, 0.25) is 15.9 Å². The monoisotopic (exact) mass is 370 g/mol. The first-order valence-electron chi connectivity index (χ1n) is 8.09. The first-order valence-corrected chi connectivity index (χ1v) is 9.53. The zero-order valence-corrected chi connectivity index (χ0v) is 15.8. The van der Waals surface area contributed by atoms with Gasteiger partial charge in [0.15, 0.2) is 0 Å². The Kier molecular flexibility index (Phi) is 7.53. The number of primary amides is 1. The second-order valence-corrected chi connectivity index (χ2v) is 7.56. The van der Waals surface area contributed by atoms with Crippen LogP contribution in [0.2, 0.25) is 0 Å². The number of hydrogen-bond acceptors (Lipinski definition) is 5. The zero-order chi connectivity index (χ0) is 19.2. The largest absolute Gasteiger partial charge is 0.351 e. The lowest BCUT2D eigenvalue weighted by atomic mass is 10.1. The predicted octanol–water partition coefficient (Wildman–Crippen LogP) is 0.951. The number of nitrogens with one attached hydrogen (secondary N) is 2. The fraction of sp³-hybridized carbons (Fsp3) is 0.500. The van der Waals surface area contributed by atoms with Crippen molar-refractivity contribution in [1.29, 1.82) is 0 Å². The number of urea groups is 1. The maximum Gasteiger partial charge on any atom is 0.318 e. The molecule has 0 spiro atoms. The highest BCUT2D eigenvalue weighted by Crippen LogP contribution is 2.19. The molecule has 0 fully saturated rings. The molecule has 140 valence electrons. The van der Waals surface area contributed by atoms with Gasteiger partial charge in [-0.3, -0.25) is 15.4 Å². The Bertz CT molecular complexity index is 699. The predicted molar refractivity (Wildman–Crippen MR) is 95.3 cm³/mol. The average molecular weight is 370 g/mol. The summed E-state index contributed by atoms with van der Waals surface area (Å²) < 4.78 is 26.3. The van der Waals surface area contributed by atoms with Crippen molar-refractivity contribution >= 4 is 22.0 Å². The lowest BCUT2D eigenvalue weighted by molar-refractivity contribution is -0.121. The second-order valence-electron chi connectivity index (χ2n) is 5.62. The topological polar surface area (TPSA) is 122 Å². The van der Waals surface area contributed by atoms with Crippen LogP contribution in [0.3, 0.4) is 0 Å². The summed E-state index contributed by atoms with van der Waals surface area (Å²) >= 11 is 0. The van der Waals surface area contributed by atoms with E-state index in [2.05, 4.69) is 5.32 Å². The first kappa shape index (κ1) is 21.1. The summed E-state index contributed by atoms with van der Waals surface area (Å²) in [6, 6.07) is 4.74. The minimum Gasteiger partial charge on any atom is -0.351 e. The van der Waals surface area contributed by atoms with E-state index in [1.807, 2.05) is 12.2 Å². The van der Waals surface area contributed by atoms with Crippen LogP contribution in [0.5, 0.6) is 0 Å². The minimum absolute atomic E-state index is 0.223. The highest BCUT2D eigenvalue weighted by molar-refractivity contribution is 7.89. The number of nitrogens with two attached hydrogens (primary N) is 1. The molecule has 4 N–H and O–H groups in total. The summed E-state index contributed by atoms with van der Waals surface area (Å²) in [6.07, 6.45) is 0. The third kappa shape index (κ3) is 5.52. The summed E-state index contributed by atoms with van der Waals surface area (Å²) in [4.78, 5) is 22.6. The van der Waals surface area contributed by atoms with Crippen LogP contribution in [0, 0.1) is 0 Å². The number of sulfonamides is 1. The van der Waals surface area contributed by atoms with Crippen LogP contribution in [0.25, 0.3) is 0 Å². The van der Waals surface area contributed by atoms with E-state index in [9.17, 15) is 18.0 Å². The van der Waals surface area contributed by atoms with Crippen LogP contribution < -0.4 is 16.4 Å². The fourth-order valence-corrected chi connectivity index (χ4v) is 3.88. The van der Waals surface area contributed by atoms with E-state index in [1.54, 1.807) is 45.0 Å². The zero-order valence-electron chi connectivity index (χ0n) is 14.9. The van der Waals surface area contributed by atoms with E-state index in [0.29, 0.717) is 13.1 Å². The molecular weight excluding hydrogens is 344 g/mol. The Labute approximate surface area is 148 Å². The Hall–Kier alpha value is -1.97. The van der Waals surface area contributed by atoms with E-state index < -0.39 is 28.0 Å². The lowest BCUT2D eigenvalue weighted by Gasteiger charge is -2.21. The van der Waals surface area contributed by atoms with Crippen molar-refractivity contribution in [2.24, 2.45) is 5.73 Å². The highest BCUT2D eigenvalue weighted by atomic mass is 32.2. The molecule has 0 aliphatic rings. The number of carbonyl (C=O) groups is 2. The molecule has 0 radical (unpaired) electrons. The van der Waals surface area contributed by atoms with Gasteiger partial charge in [-0.05, 0) is 31.5 Å². The molecule has 2 atom stereocenters. The van der Waals surface area contributed by atoms with Gasteiger partial charge in [0, 0.05) is 19.1 Å². The molecule has 1 rings (SSSR count). The number of hydrogen-bond donors (Lipinski definition) is 3. The number of carbonyl (C=O) groups excluding carboxylic acids is 2. The smallest absolute Gasteiger partial charge is 0.318 e. The third-order valence-electron chi connectivity index (χ3n) is 3.86. The summed E-state index contributed by atoms with van der Waals surface area (Å²) in [5.74, 6) is -0.528.